The Morgan fingerprint density at radius 3 is 2.65 bits per heavy atom. The van der Waals surface area contributed by atoms with Gasteiger partial charge in [0.1, 0.15) is 0 Å². The Labute approximate surface area is 137 Å². The van der Waals surface area contributed by atoms with Gasteiger partial charge in [-0.1, -0.05) is 25.0 Å². The van der Waals surface area contributed by atoms with E-state index in [1.165, 1.54) is 17.5 Å². The maximum absolute atomic E-state index is 12.3. The van der Waals surface area contributed by atoms with Crippen LogP contribution in [0.25, 0.3) is 0 Å². The molecule has 124 valence electrons. The van der Waals surface area contributed by atoms with Crippen molar-refractivity contribution in [3.05, 3.63) is 34.9 Å². The minimum absolute atomic E-state index is 0.0269. The molecule has 0 saturated heterocycles. The number of rotatable bonds is 5. The van der Waals surface area contributed by atoms with Gasteiger partial charge >= 0.3 is 0 Å². The van der Waals surface area contributed by atoms with E-state index in [1.54, 1.807) is 0 Å². The molecule has 0 aromatic heterocycles. The molecule has 0 bridgehead atoms. The monoisotopic (exact) mass is 315 g/mol. The third kappa shape index (κ3) is 3.99. The molecular weight excluding hydrogens is 290 g/mol. The number of aliphatic hydroxyl groups excluding tert-OH is 1. The third-order valence-corrected chi connectivity index (χ3v) is 5.08. The Morgan fingerprint density at radius 1 is 1.04 bits per heavy atom. The standard InChI is InChI=1S/C19H25NO3/c21-17(15-9-8-13-4-3-5-14(13)12-15)10-11-19(23)20-16-6-1-2-7-18(16)22/h8-9,12,16,18,22H,1-7,10-11H2,(H,20,23). The average Bonchev–Trinajstić information content (AvgIpc) is 3.02. The summed E-state index contributed by atoms with van der Waals surface area (Å²) in [5, 5.41) is 12.8. The number of carbonyl (C=O) groups excluding carboxylic acids is 2. The van der Waals surface area contributed by atoms with Gasteiger partial charge in [0.05, 0.1) is 12.1 Å². The molecule has 1 aromatic carbocycles. The van der Waals surface area contributed by atoms with Gasteiger partial charge in [0, 0.05) is 18.4 Å². The average molecular weight is 315 g/mol. The van der Waals surface area contributed by atoms with E-state index in [2.05, 4.69) is 5.32 Å². The van der Waals surface area contributed by atoms with Crippen molar-refractivity contribution in [2.75, 3.05) is 0 Å². The van der Waals surface area contributed by atoms with Gasteiger partial charge in [-0.05, 0) is 49.3 Å². The first kappa shape index (κ1) is 16.2. The molecule has 2 N–H and O–H groups in total. The highest BCUT2D eigenvalue weighted by Crippen LogP contribution is 2.23. The second kappa shape index (κ2) is 7.26. The summed E-state index contributed by atoms with van der Waals surface area (Å²) in [7, 11) is 0. The zero-order valence-electron chi connectivity index (χ0n) is 13.5. The van der Waals surface area contributed by atoms with Crippen LogP contribution in [0.1, 0.15) is 66.4 Å². The summed E-state index contributed by atoms with van der Waals surface area (Å²) < 4.78 is 0. The van der Waals surface area contributed by atoms with Crippen LogP contribution in [-0.2, 0) is 17.6 Å². The van der Waals surface area contributed by atoms with Gasteiger partial charge in [-0.3, -0.25) is 9.59 Å². The molecule has 1 fully saturated rings. The molecular formula is C19H25NO3. The van der Waals surface area contributed by atoms with E-state index in [9.17, 15) is 14.7 Å². The highest BCUT2D eigenvalue weighted by molar-refractivity contribution is 5.98. The number of benzene rings is 1. The number of hydrogen-bond acceptors (Lipinski definition) is 3. The first-order valence-corrected chi connectivity index (χ1v) is 8.76. The Hall–Kier alpha value is -1.68. The molecule has 2 aliphatic carbocycles. The molecule has 1 saturated carbocycles. The van der Waals surface area contributed by atoms with E-state index in [-0.39, 0.29) is 30.6 Å². The lowest BCUT2D eigenvalue weighted by molar-refractivity contribution is -0.123. The van der Waals surface area contributed by atoms with Crippen molar-refractivity contribution in [3.63, 3.8) is 0 Å². The summed E-state index contributed by atoms with van der Waals surface area (Å²) in [5.74, 6) is -0.107. The summed E-state index contributed by atoms with van der Waals surface area (Å²) in [6.07, 6.45) is 6.93. The number of Topliss-reactive ketones (excluding diaryl/α,β-unsaturated/α-hetero) is 1. The minimum atomic E-state index is -0.444. The van der Waals surface area contributed by atoms with Crippen LogP contribution in [-0.4, -0.2) is 28.9 Å². The van der Waals surface area contributed by atoms with E-state index < -0.39 is 6.10 Å². The van der Waals surface area contributed by atoms with Crippen LogP contribution in [0.15, 0.2) is 18.2 Å². The van der Waals surface area contributed by atoms with Crippen LogP contribution in [0.3, 0.4) is 0 Å². The summed E-state index contributed by atoms with van der Waals surface area (Å²) in [5.41, 5.74) is 3.35. The predicted molar refractivity (Wildman–Crippen MR) is 88.4 cm³/mol. The van der Waals surface area contributed by atoms with Gasteiger partial charge in [0.2, 0.25) is 5.91 Å². The lowest BCUT2D eigenvalue weighted by atomic mass is 9.92. The van der Waals surface area contributed by atoms with Crippen molar-refractivity contribution in [1.82, 2.24) is 5.32 Å². The fourth-order valence-corrected chi connectivity index (χ4v) is 3.68. The van der Waals surface area contributed by atoms with Crippen LogP contribution in [0.4, 0.5) is 0 Å². The van der Waals surface area contributed by atoms with Crippen LogP contribution in [0, 0.1) is 0 Å². The molecule has 4 heteroatoms. The molecule has 0 radical (unpaired) electrons. The molecule has 0 aliphatic heterocycles. The van der Waals surface area contributed by atoms with Crippen LogP contribution >= 0.6 is 0 Å². The van der Waals surface area contributed by atoms with E-state index >= 15 is 0 Å². The Kier molecular flexibility index (Phi) is 5.11. The lowest BCUT2D eigenvalue weighted by Gasteiger charge is -2.28. The van der Waals surface area contributed by atoms with E-state index in [0.29, 0.717) is 0 Å². The SMILES string of the molecule is O=C(CCC(=O)c1ccc2c(c1)CCC2)NC1CCCCC1O. The molecule has 2 atom stereocenters. The molecule has 2 aliphatic rings. The van der Waals surface area contributed by atoms with Gasteiger partial charge in [-0.15, -0.1) is 0 Å². The quantitative estimate of drug-likeness (QED) is 0.821. The summed E-state index contributed by atoms with van der Waals surface area (Å²) in [6.45, 7) is 0. The van der Waals surface area contributed by atoms with E-state index in [1.807, 2.05) is 18.2 Å². The summed E-state index contributed by atoms with van der Waals surface area (Å²) in [6, 6.07) is 5.78. The molecule has 0 heterocycles. The number of amides is 1. The lowest BCUT2D eigenvalue weighted by Crippen LogP contribution is -2.45. The Bertz CT molecular complexity index is 596. The predicted octanol–water partition coefficient (Wildman–Crippen LogP) is 2.56. The van der Waals surface area contributed by atoms with Crippen molar-refractivity contribution in [2.24, 2.45) is 0 Å². The third-order valence-electron chi connectivity index (χ3n) is 5.08. The maximum atomic E-state index is 12.3. The zero-order valence-corrected chi connectivity index (χ0v) is 13.5. The summed E-state index contributed by atoms with van der Waals surface area (Å²) >= 11 is 0. The van der Waals surface area contributed by atoms with Gasteiger partial charge in [-0.25, -0.2) is 0 Å². The van der Waals surface area contributed by atoms with E-state index in [4.69, 9.17) is 0 Å². The topological polar surface area (TPSA) is 66.4 Å². The number of aliphatic hydroxyl groups is 1. The molecule has 2 unspecified atom stereocenters. The molecule has 3 rings (SSSR count). The first-order valence-electron chi connectivity index (χ1n) is 8.76. The van der Waals surface area contributed by atoms with Crippen molar-refractivity contribution >= 4 is 11.7 Å². The number of carbonyl (C=O) groups is 2. The number of aryl methyl sites for hydroxylation is 2. The molecule has 1 amide bonds. The van der Waals surface area contributed by atoms with Crippen molar-refractivity contribution in [1.29, 1.82) is 0 Å². The zero-order chi connectivity index (χ0) is 16.2. The normalized spacial score (nSPS) is 23.3. The van der Waals surface area contributed by atoms with E-state index in [0.717, 1.165) is 44.1 Å². The van der Waals surface area contributed by atoms with Crippen molar-refractivity contribution in [3.8, 4) is 0 Å². The van der Waals surface area contributed by atoms with Gasteiger partial charge < -0.3 is 10.4 Å². The van der Waals surface area contributed by atoms with Gasteiger partial charge in [0.15, 0.2) is 5.78 Å². The Balaban J connectivity index is 1.49. The molecule has 23 heavy (non-hydrogen) atoms. The number of ketones is 1. The van der Waals surface area contributed by atoms with Gasteiger partial charge in [0.25, 0.3) is 0 Å². The smallest absolute Gasteiger partial charge is 0.220 e. The first-order chi connectivity index (χ1) is 11.1. The minimum Gasteiger partial charge on any atom is -0.391 e. The van der Waals surface area contributed by atoms with Crippen LogP contribution < -0.4 is 5.32 Å². The molecule has 0 spiro atoms. The number of fused-ring (bicyclic) bond motifs is 1. The van der Waals surface area contributed by atoms with Crippen molar-refractivity contribution in [2.45, 2.75) is 69.9 Å². The Morgan fingerprint density at radius 2 is 1.83 bits per heavy atom. The van der Waals surface area contributed by atoms with Crippen LogP contribution in [0.2, 0.25) is 0 Å². The largest absolute Gasteiger partial charge is 0.391 e. The highest BCUT2D eigenvalue weighted by atomic mass is 16.3. The van der Waals surface area contributed by atoms with Crippen LogP contribution in [0.5, 0.6) is 0 Å². The second-order valence-corrected chi connectivity index (χ2v) is 6.79. The van der Waals surface area contributed by atoms with Gasteiger partial charge in [-0.2, -0.15) is 0 Å². The van der Waals surface area contributed by atoms with Crippen molar-refractivity contribution < 1.29 is 14.7 Å². The summed E-state index contributed by atoms with van der Waals surface area (Å²) in [4.78, 5) is 24.3. The maximum Gasteiger partial charge on any atom is 0.220 e. The number of hydrogen-bond donors (Lipinski definition) is 2. The number of nitrogens with one attached hydrogen (secondary N) is 1. The fraction of sp³-hybridized carbons (Fsp3) is 0.579. The molecule has 1 aromatic rings. The molecule has 4 nitrogen and oxygen atoms in total. The highest BCUT2D eigenvalue weighted by Gasteiger charge is 2.24. The second-order valence-electron chi connectivity index (χ2n) is 6.79. The fourth-order valence-electron chi connectivity index (χ4n) is 3.68.